The van der Waals surface area contributed by atoms with Crippen LogP contribution in [-0.4, -0.2) is 12.9 Å². The summed E-state index contributed by atoms with van der Waals surface area (Å²) in [6, 6.07) is 0. The molecule has 0 bridgehead atoms. The second-order valence-electron chi connectivity index (χ2n) is 1.08. The van der Waals surface area contributed by atoms with Gasteiger partial charge in [-0.15, -0.1) is 0 Å². The van der Waals surface area contributed by atoms with Gasteiger partial charge in [0.2, 0.25) is 0 Å². The van der Waals surface area contributed by atoms with Crippen LogP contribution >= 0.6 is 0 Å². The third kappa shape index (κ3) is 0.792. The van der Waals surface area contributed by atoms with Crippen molar-refractivity contribution in [2.75, 3.05) is 6.67 Å². The Morgan fingerprint density at radius 2 is 2.83 bits per heavy atom. The second kappa shape index (κ2) is 1.92. The highest BCUT2D eigenvalue weighted by Crippen LogP contribution is 1.82. The van der Waals surface area contributed by atoms with Gasteiger partial charge in [0.1, 0.15) is 0 Å². The first kappa shape index (κ1) is 3.81. The lowest BCUT2D eigenvalue weighted by molar-refractivity contribution is 0.782. The number of aliphatic imine (C=N–C) groups is 1. The van der Waals surface area contributed by atoms with Crippen molar-refractivity contribution >= 4 is 6.21 Å². The molecule has 0 aromatic heterocycles. The largest absolute Gasteiger partial charge is 0.289 e. The van der Waals surface area contributed by atoms with E-state index in [9.17, 15) is 0 Å². The Morgan fingerprint density at radius 3 is 3.00 bits per heavy atom. The van der Waals surface area contributed by atoms with E-state index in [-0.39, 0.29) is 0 Å². The average Bonchev–Trinajstić information content (AvgIpc) is 1.72. The predicted octanol–water partition coefficient (Wildman–Crippen LogP) is 0.0468. The quantitative estimate of drug-likeness (QED) is 0.438. The Hall–Kier alpha value is -0.370. The van der Waals surface area contributed by atoms with Crippen LogP contribution in [0.2, 0.25) is 0 Å². The summed E-state index contributed by atoms with van der Waals surface area (Å²) >= 11 is 0. The molecule has 0 spiro atoms. The van der Waals surface area contributed by atoms with Crippen molar-refractivity contribution in [2.24, 2.45) is 4.99 Å². The Balaban J connectivity index is 2.26. The van der Waals surface area contributed by atoms with E-state index in [1.807, 2.05) is 6.21 Å². The molecule has 2 nitrogen and oxygen atoms in total. The number of rotatable bonds is 0. The van der Waals surface area contributed by atoms with Crippen LogP contribution < -0.4 is 5.32 Å². The molecule has 1 N–H and O–H groups in total. The molecular weight excluding hydrogens is 76.1 g/mol. The van der Waals surface area contributed by atoms with Crippen LogP contribution in [0, 0.1) is 6.54 Å². The number of nitrogens with one attached hydrogen (secondary N) is 1. The van der Waals surface area contributed by atoms with Gasteiger partial charge in [0.05, 0.1) is 13.2 Å². The summed E-state index contributed by atoms with van der Waals surface area (Å²) in [5, 5.41) is 2.84. The zero-order valence-corrected chi connectivity index (χ0v) is 3.44. The number of nitrogens with zero attached hydrogens (tertiary/aromatic N) is 1. The number of hydrogen-bond donors (Lipinski definition) is 1. The van der Waals surface area contributed by atoms with Crippen LogP contribution in [0.1, 0.15) is 6.42 Å². The third-order valence-corrected chi connectivity index (χ3v) is 0.618. The van der Waals surface area contributed by atoms with Gasteiger partial charge in [0, 0.05) is 12.6 Å². The summed E-state index contributed by atoms with van der Waals surface area (Å²) in [6.45, 7) is 3.59. The summed E-state index contributed by atoms with van der Waals surface area (Å²) in [7, 11) is 0. The molecule has 0 saturated carbocycles. The molecule has 2 heteroatoms. The van der Waals surface area contributed by atoms with Crippen LogP contribution in [0.25, 0.3) is 0 Å². The highest BCUT2D eigenvalue weighted by atomic mass is 15.0. The molecule has 0 aliphatic carbocycles. The molecule has 6 heavy (non-hydrogen) atoms. The van der Waals surface area contributed by atoms with E-state index in [4.69, 9.17) is 0 Å². The van der Waals surface area contributed by atoms with Gasteiger partial charge < -0.3 is 0 Å². The Labute approximate surface area is 37.3 Å². The molecule has 1 aliphatic heterocycles. The van der Waals surface area contributed by atoms with Crippen LogP contribution in [0.3, 0.4) is 0 Å². The standard InChI is InChI=1S/C4H6N2/c1-2-5-4-6-3-1/h2,6H,1,4H2. The molecule has 0 saturated heterocycles. The lowest BCUT2D eigenvalue weighted by atomic mass is 10.4. The van der Waals surface area contributed by atoms with Crippen molar-refractivity contribution in [3.8, 4) is 0 Å². The van der Waals surface area contributed by atoms with Crippen molar-refractivity contribution < 1.29 is 0 Å². The summed E-state index contributed by atoms with van der Waals surface area (Å²) in [6.07, 6.45) is 2.69. The smallest absolute Gasteiger partial charge is 0.0886 e. The minimum absolute atomic E-state index is 0.708. The molecule has 0 amide bonds. The van der Waals surface area contributed by atoms with Gasteiger partial charge >= 0.3 is 0 Å². The molecule has 1 rings (SSSR count). The summed E-state index contributed by atoms with van der Waals surface area (Å²) in [5.41, 5.74) is 0. The fourth-order valence-electron chi connectivity index (χ4n) is 0.348. The van der Waals surface area contributed by atoms with Crippen molar-refractivity contribution in [1.29, 1.82) is 0 Å². The third-order valence-electron chi connectivity index (χ3n) is 0.618. The molecule has 0 fully saturated rings. The minimum atomic E-state index is 0.708. The molecular formula is C4H6N2. The lowest BCUT2D eigenvalue weighted by Crippen LogP contribution is -2.13. The van der Waals surface area contributed by atoms with Gasteiger partial charge in [-0.3, -0.25) is 10.3 Å². The van der Waals surface area contributed by atoms with E-state index in [2.05, 4.69) is 16.9 Å². The van der Waals surface area contributed by atoms with E-state index < -0.39 is 0 Å². The molecule has 0 aromatic carbocycles. The Morgan fingerprint density at radius 1 is 1.83 bits per heavy atom. The molecule has 1 aliphatic rings. The van der Waals surface area contributed by atoms with Crippen molar-refractivity contribution in [3.63, 3.8) is 0 Å². The molecule has 2 radical (unpaired) electrons. The monoisotopic (exact) mass is 82.1 g/mol. The van der Waals surface area contributed by atoms with Crippen LogP contribution in [0.15, 0.2) is 4.99 Å². The maximum atomic E-state index is 3.88. The van der Waals surface area contributed by atoms with Crippen LogP contribution in [0.5, 0.6) is 0 Å². The highest BCUT2D eigenvalue weighted by Gasteiger charge is 1.87. The van der Waals surface area contributed by atoms with Gasteiger partial charge in [0.25, 0.3) is 0 Å². The first-order chi connectivity index (χ1) is 3.00. The number of hydrogen-bond acceptors (Lipinski definition) is 2. The van der Waals surface area contributed by atoms with Crippen LogP contribution in [-0.2, 0) is 0 Å². The van der Waals surface area contributed by atoms with Gasteiger partial charge in [0.15, 0.2) is 0 Å². The topological polar surface area (TPSA) is 24.4 Å². The predicted molar refractivity (Wildman–Crippen MR) is 24.4 cm³/mol. The van der Waals surface area contributed by atoms with Crippen molar-refractivity contribution in [3.05, 3.63) is 6.54 Å². The molecule has 0 atom stereocenters. The van der Waals surface area contributed by atoms with Gasteiger partial charge in [-0.1, -0.05) is 0 Å². The molecule has 0 unspecified atom stereocenters. The lowest BCUT2D eigenvalue weighted by Gasteiger charge is -1.99. The summed E-state index contributed by atoms with van der Waals surface area (Å²) in [4.78, 5) is 3.88. The maximum absolute atomic E-state index is 3.88. The van der Waals surface area contributed by atoms with Crippen LogP contribution in [0.4, 0.5) is 0 Å². The SMILES string of the molecule is [C]1CC=NCN1. The first-order valence-electron chi connectivity index (χ1n) is 1.94. The van der Waals surface area contributed by atoms with Gasteiger partial charge in [-0.05, 0) is 0 Å². The maximum Gasteiger partial charge on any atom is 0.0886 e. The zero-order chi connectivity index (χ0) is 4.24. The Kier molecular flexibility index (Phi) is 1.22. The highest BCUT2D eigenvalue weighted by molar-refractivity contribution is 5.59. The van der Waals surface area contributed by atoms with Gasteiger partial charge in [-0.25, -0.2) is 0 Å². The van der Waals surface area contributed by atoms with E-state index >= 15 is 0 Å². The fraction of sp³-hybridized carbons (Fsp3) is 0.500. The fourth-order valence-corrected chi connectivity index (χ4v) is 0.348. The van der Waals surface area contributed by atoms with Crippen molar-refractivity contribution in [2.45, 2.75) is 6.42 Å². The zero-order valence-electron chi connectivity index (χ0n) is 3.44. The summed E-state index contributed by atoms with van der Waals surface area (Å²) in [5.74, 6) is 0. The van der Waals surface area contributed by atoms with E-state index in [1.165, 1.54) is 0 Å². The average molecular weight is 82.1 g/mol. The molecule has 0 aromatic rings. The van der Waals surface area contributed by atoms with Crippen molar-refractivity contribution in [1.82, 2.24) is 5.32 Å². The summed E-state index contributed by atoms with van der Waals surface area (Å²) < 4.78 is 0. The van der Waals surface area contributed by atoms with E-state index in [0.29, 0.717) is 6.67 Å². The van der Waals surface area contributed by atoms with E-state index in [1.54, 1.807) is 0 Å². The second-order valence-corrected chi connectivity index (χ2v) is 1.08. The molecule has 32 valence electrons. The van der Waals surface area contributed by atoms with Gasteiger partial charge in [-0.2, -0.15) is 0 Å². The normalized spacial score (nSPS) is 21.3. The Bertz CT molecular complexity index is 50.6. The van der Waals surface area contributed by atoms with E-state index in [0.717, 1.165) is 6.42 Å². The minimum Gasteiger partial charge on any atom is -0.289 e. The first-order valence-corrected chi connectivity index (χ1v) is 1.94. The molecule has 1 heterocycles.